The summed E-state index contributed by atoms with van der Waals surface area (Å²) < 4.78 is 53.3. The van der Waals surface area contributed by atoms with Crippen molar-refractivity contribution in [2.45, 2.75) is 0 Å². The zero-order chi connectivity index (χ0) is 11.7. The second kappa shape index (κ2) is 3.96. The van der Waals surface area contributed by atoms with Gasteiger partial charge in [0.1, 0.15) is 23.3 Å². The first-order valence-corrected chi connectivity index (χ1v) is 4.49. The lowest BCUT2D eigenvalue weighted by Crippen LogP contribution is -1.95. The van der Waals surface area contributed by atoms with Gasteiger partial charge in [-0.15, -0.1) is 0 Å². The highest BCUT2D eigenvalue weighted by molar-refractivity contribution is 5.66. The highest BCUT2D eigenvalue weighted by Crippen LogP contribution is 2.30. The molecule has 2 rings (SSSR count). The van der Waals surface area contributed by atoms with Crippen LogP contribution in [-0.4, -0.2) is 0 Å². The van der Waals surface area contributed by atoms with Crippen molar-refractivity contribution in [2.24, 2.45) is 0 Å². The molecule has 0 nitrogen and oxygen atoms in total. The Morgan fingerprint density at radius 2 is 0.750 bits per heavy atom. The molecular weight excluding hydrogens is 220 g/mol. The van der Waals surface area contributed by atoms with Crippen LogP contribution < -0.4 is 0 Å². The first-order chi connectivity index (χ1) is 7.61. The molecular formula is C12H6F4. The van der Waals surface area contributed by atoms with E-state index in [2.05, 4.69) is 0 Å². The molecule has 0 unspecified atom stereocenters. The Bertz CT molecular complexity index is 445. The average molecular weight is 226 g/mol. The van der Waals surface area contributed by atoms with E-state index in [1.165, 1.54) is 0 Å². The van der Waals surface area contributed by atoms with E-state index in [0.29, 0.717) is 0 Å². The number of halogens is 4. The molecule has 82 valence electrons. The molecule has 0 aliphatic carbocycles. The Morgan fingerprint density at radius 1 is 0.500 bits per heavy atom. The van der Waals surface area contributed by atoms with E-state index >= 15 is 0 Å². The molecule has 2 aromatic carbocycles. The van der Waals surface area contributed by atoms with Crippen LogP contribution in [0.1, 0.15) is 0 Å². The number of benzene rings is 2. The van der Waals surface area contributed by atoms with Crippen molar-refractivity contribution in [3.8, 4) is 11.1 Å². The first kappa shape index (κ1) is 10.7. The van der Waals surface area contributed by atoms with Crippen molar-refractivity contribution in [1.82, 2.24) is 0 Å². The van der Waals surface area contributed by atoms with Crippen molar-refractivity contribution < 1.29 is 17.6 Å². The average Bonchev–Trinajstić information content (AvgIpc) is 2.21. The van der Waals surface area contributed by atoms with E-state index in [9.17, 15) is 17.6 Å². The summed E-state index contributed by atoms with van der Waals surface area (Å²) >= 11 is 0. The molecule has 0 saturated heterocycles. The first-order valence-electron chi connectivity index (χ1n) is 4.49. The maximum absolute atomic E-state index is 13.3. The van der Waals surface area contributed by atoms with Gasteiger partial charge in [0.15, 0.2) is 0 Å². The van der Waals surface area contributed by atoms with Crippen LogP contribution in [0.4, 0.5) is 17.6 Å². The molecule has 0 atom stereocenters. The minimum absolute atomic E-state index is 0.682. The lowest BCUT2D eigenvalue weighted by atomic mass is 10.0. The highest BCUT2D eigenvalue weighted by Gasteiger charge is 2.18. The van der Waals surface area contributed by atoms with Gasteiger partial charge >= 0.3 is 0 Å². The molecule has 0 aliphatic heterocycles. The molecule has 4 heteroatoms. The fraction of sp³-hybridized carbons (Fsp3) is 0. The van der Waals surface area contributed by atoms with E-state index < -0.39 is 34.4 Å². The zero-order valence-electron chi connectivity index (χ0n) is 7.98. The summed E-state index contributed by atoms with van der Waals surface area (Å²) in [7, 11) is 0. The lowest BCUT2D eigenvalue weighted by Gasteiger charge is -2.07. The fourth-order valence-corrected chi connectivity index (χ4v) is 1.47. The van der Waals surface area contributed by atoms with Crippen LogP contribution >= 0.6 is 0 Å². The smallest absolute Gasteiger partial charge is 0.134 e. The zero-order valence-corrected chi connectivity index (χ0v) is 7.98. The Labute approximate surface area is 89.2 Å². The molecule has 0 aliphatic rings. The predicted octanol–water partition coefficient (Wildman–Crippen LogP) is 3.91. The van der Waals surface area contributed by atoms with E-state index in [1.807, 2.05) is 0 Å². The quantitative estimate of drug-likeness (QED) is 0.646. The fourth-order valence-electron chi connectivity index (χ4n) is 1.47. The van der Waals surface area contributed by atoms with E-state index in [1.54, 1.807) is 0 Å². The van der Waals surface area contributed by atoms with Gasteiger partial charge in [-0.05, 0) is 24.3 Å². The summed E-state index contributed by atoms with van der Waals surface area (Å²) in [5, 5.41) is 0. The van der Waals surface area contributed by atoms with Crippen LogP contribution in [0.15, 0.2) is 36.4 Å². The van der Waals surface area contributed by atoms with Gasteiger partial charge < -0.3 is 0 Å². The van der Waals surface area contributed by atoms with Gasteiger partial charge in [-0.25, -0.2) is 17.6 Å². The topological polar surface area (TPSA) is 0 Å². The third kappa shape index (κ3) is 1.66. The van der Waals surface area contributed by atoms with Gasteiger partial charge in [0.2, 0.25) is 0 Å². The van der Waals surface area contributed by atoms with Crippen LogP contribution in [0.25, 0.3) is 11.1 Å². The molecule has 16 heavy (non-hydrogen) atoms. The Morgan fingerprint density at radius 3 is 1.00 bits per heavy atom. The maximum atomic E-state index is 13.3. The minimum Gasteiger partial charge on any atom is -0.206 e. The summed E-state index contributed by atoms with van der Waals surface area (Å²) in [5.41, 5.74) is -1.36. The summed E-state index contributed by atoms with van der Waals surface area (Å²) in [6.07, 6.45) is 0. The third-order valence-electron chi connectivity index (χ3n) is 2.18. The maximum Gasteiger partial charge on any atom is 0.134 e. The Kier molecular flexibility index (Phi) is 2.64. The monoisotopic (exact) mass is 226 g/mol. The summed E-state index contributed by atoms with van der Waals surface area (Å²) in [6, 6.07) is 6.06. The molecule has 0 spiro atoms. The van der Waals surface area contributed by atoms with Crippen molar-refractivity contribution in [3.05, 3.63) is 59.7 Å². The number of hydrogen-bond donors (Lipinski definition) is 0. The molecule has 0 amide bonds. The van der Waals surface area contributed by atoms with Gasteiger partial charge in [0.05, 0.1) is 11.1 Å². The van der Waals surface area contributed by atoms with Gasteiger partial charge in [-0.2, -0.15) is 0 Å². The van der Waals surface area contributed by atoms with Gasteiger partial charge in [0.25, 0.3) is 0 Å². The molecule has 0 fully saturated rings. The molecule has 0 heterocycles. The number of hydrogen-bond acceptors (Lipinski definition) is 0. The van der Waals surface area contributed by atoms with Gasteiger partial charge in [-0.3, -0.25) is 0 Å². The van der Waals surface area contributed by atoms with Crippen LogP contribution in [0.2, 0.25) is 0 Å². The molecule has 0 radical (unpaired) electrons. The summed E-state index contributed by atoms with van der Waals surface area (Å²) in [6.45, 7) is 0. The molecule has 0 saturated carbocycles. The Balaban J connectivity index is 2.77. The van der Waals surface area contributed by atoms with E-state index in [0.717, 1.165) is 36.4 Å². The molecule has 0 aromatic heterocycles. The van der Waals surface area contributed by atoms with Crippen LogP contribution in [0.5, 0.6) is 0 Å². The van der Waals surface area contributed by atoms with Gasteiger partial charge in [0, 0.05) is 0 Å². The molecule has 0 bridgehead atoms. The lowest BCUT2D eigenvalue weighted by molar-refractivity contribution is 0.563. The van der Waals surface area contributed by atoms with Crippen LogP contribution in [-0.2, 0) is 0 Å². The van der Waals surface area contributed by atoms with Crippen molar-refractivity contribution in [1.29, 1.82) is 0 Å². The molecule has 2 aromatic rings. The predicted molar refractivity (Wildman–Crippen MR) is 51.7 cm³/mol. The highest BCUT2D eigenvalue weighted by atomic mass is 19.1. The second-order valence-corrected chi connectivity index (χ2v) is 3.19. The summed E-state index contributed by atoms with van der Waals surface area (Å²) in [4.78, 5) is 0. The normalized spacial score (nSPS) is 10.5. The largest absolute Gasteiger partial charge is 0.206 e. The second-order valence-electron chi connectivity index (χ2n) is 3.19. The van der Waals surface area contributed by atoms with Crippen LogP contribution in [0, 0.1) is 23.3 Å². The van der Waals surface area contributed by atoms with E-state index in [4.69, 9.17) is 0 Å². The third-order valence-corrected chi connectivity index (χ3v) is 2.18. The van der Waals surface area contributed by atoms with Crippen molar-refractivity contribution in [2.75, 3.05) is 0 Å². The summed E-state index contributed by atoms with van der Waals surface area (Å²) in [5.74, 6) is -3.99. The molecule has 0 N–H and O–H groups in total. The number of rotatable bonds is 1. The Hall–Kier alpha value is -1.84. The minimum atomic E-state index is -0.996. The van der Waals surface area contributed by atoms with E-state index in [-0.39, 0.29) is 0 Å². The van der Waals surface area contributed by atoms with Gasteiger partial charge in [-0.1, -0.05) is 12.1 Å². The van der Waals surface area contributed by atoms with Crippen molar-refractivity contribution in [3.63, 3.8) is 0 Å². The SMILES string of the molecule is Fc1cccc(F)c1-c1c(F)cccc1F. The van der Waals surface area contributed by atoms with Crippen molar-refractivity contribution >= 4 is 0 Å². The standard InChI is InChI=1S/C12H6F4/c13-7-3-1-4-8(14)11(7)12-9(15)5-2-6-10(12)16/h1-6H. The van der Waals surface area contributed by atoms with Crippen LogP contribution in [0.3, 0.4) is 0 Å².